The van der Waals surface area contributed by atoms with Crippen LogP contribution in [0.15, 0.2) is 58.8 Å². The fraction of sp³-hybridized carbons (Fsp3) is 0.412. The van der Waals surface area contributed by atoms with Crippen LogP contribution in [0.4, 0.5) is 0 Å². The van der Waals surface area contributed by atoms with Crippen molar-refractivity contribution in [2.45, 2.75) is 79.8 Å². The molecule has 0 amide bonds. The van der Waals surface area contributed by atoms with E-state index in [1.807, 2.05) is 0 Å². The van der Waals surface area contributed by atoms with Gasteiger partial charge in [0.1, 0.15) is 0 Å². The molecule has 2 heteroatoms. The third-order valence-corrected chi connectivity index (χ3v) is 15.9. The molecule has 3 rings (SSSR count). The van der Waals surface area contributed by atoms with Gasteiger partial charge < -0.3 is 0 Å². The molecule has 0 bridgehead atoms. The zero-order valence-electron chi connectivity index (χ0n) is 24.4. The summed E-state index contributed by atoms with van der Waals surface area (Å²) in [5.74, 6) is 1.44. The van der Waals surface area contributed by atoms with Gasteiger partial charge in [-0.15, -0.1) is 0 Å². The maximum Gasteiger partial charge on any atom is 0.308 e. The molecule has 190 valence electrons. The van der Waals surface area contributed by atoms with Crippen molar-refractivity contribution in [2.24, 2.45) is 11.8 Å². The van der Waals surface area contributed by atoms with E-state index >= 15 is 0 Å². The molecule has 3 aromatic rings. The molecule has 0 saturated carbocycles. The number of benzene rings is 3. The summed E-state index contributed by atoms with van der Waals surface area (Å²) >= 11 is -1.25. The van der Waals surface area contributed by atoms with E-state index in [1.54, 1.807) is 14.8 Å². The normalized spacial score (nSPS) is 12.2. The van der Waals surface area contributed by atoms with E-state index in [4.69, 9.17) is 0 Å². The first kappa shape index (κ1) is 28.9. The minimum Gasteiger partial charge on any atom is -0.0997 e. The molecule has 0 atom stereocenters. The van der Waals surface area contributed by atoms with Crippen molar-refractivity contribution in [1.29, 1.82) is 0 Å². The van der Waals surface area contributed by atoms with Crippen molar-refractivity contribution in [3.8, 4) is 0 Å². The van der Waals surface area contributed by atoms with Gasteiger partial charge in [-0.2, -0.15) is 0 Å². The van der Waals surface area contributed by atoms with Crippen LogP contribution in [0.3, 0.4) is 0 Å². The zero-order valence-corrected chi connectivity index (χ0v) is 26.4. The van der Waals surface area contributed by atoms with Crippen molar-refractivity contribution < 1.29 is 0 Å². The van der Waals surface area contributed by atoms with E-state index in [-0.39, 0.29) is 0 Å². The second-order valence-electron chi connectivity index (χ2n) is 11.8. The first-order valence-corrected chi connectivity index (χ1v) is 17.3. The van der Waals surface area contributed by atoms with Crippen LogP contribution in [-0.4, -0.2) is 14.1 Å². The van der Waals surface area contributed by atoms with Gasteiger partial charge in [-0.25, -0.2) is 0 Å². The van der Waals surface area contributed by atoms with Crippen LogP contribution in [0.5, 0.6) is 0 Å². The van der Waals surface area contributed by atoms with Gasteiger partial charge in [0.05, 0.1) is 0 Å². The molecule has 3 aromatic carbocycles. The number of rotatable bonds is 9. The van der Waals surface area contributed by atoms with Crippen molar-refractivity contribution in [2.75, 3.05) is 0 Å². The molecule has 0 radical (unpaired) electrons. The monoisotopic (exact) mass is 512 g/mol. The highest BCUT2D eigenvalue weighted by molar-refractivity contribution is 7.79. The van der Waals surface area contributed by atoms with E-state index < -0.39 is 22.1 Å². The fourth-order valence-corrected chi connectivity index (χ4v) is 14.9. The Kier molecular flexibility index (Phi) is 10.2. The Morgan fingerprint density at radius 3 is 1.42 bits per heavy atom. The Morgan fingerprint density at radius 2 is 1.06 bits per heavy atom. The molecule has 36 heavy (non-hydrogen) atoms. The molecule has 0 aliphatic heterocycles. The Hall–Kier alpha value is -1.64. The van der Waals surface area contributed by atoms with Crippen molar-refractivity contribution in [3.63, 3.8) is 0 Å². The highest BCUT2D eigenvalue weighted by Crippen LogP contribution is 2.50. The molecule has 0 heterocycles. The third kappa shape index (κ3) is 7.23. The number of aryl methyl sites for hydroxylation is 6. The van der Waals surface area contributed by atoms with Gasteiger partial charge in [-0.1, -0.05) is 126 Å². The van der Waals surface area contributed by atoms with Crippen molar-refractivity contribution >= 4 is 38.8 Å². The SMILES string of the molecule is Cc1cc(C)c(P(/[C](=C/c2ccccc2)[Al]([CH2]C(C)C)[CH2]C(C)C)c2c(C)cc(C)cc2C)c(C)c1. The van der Waals surface area contributed by atoms with Crippen molar-refractivity contribution in [1.82, 2.24) is 0 Å². The summed E-state index contributed by atoms with van der Waals surface area (Å²) in [6.45, 7) is 23.6. The Morgan fingerprint density at radius 1 is 0.667 bits per heavy atom. The van der Waals surface area contributed by atoms with E-state index in [0.717, 1.165) is 11.8 Å². The molecule has 0 N–H and O–H groups in total. The summed E-state index contributed by atoms with van der Waals surface area (Å²) in [5, 5.41) is 5.92. The molecule has 0 aliphatic carbocycles. The highest BCUT2D eigenvalue weighted by atomic mass is 31.1. The molecular formula is C34H46AlP. The van der Waals surface area contributed by atoms with E-state index in [9.17, 15) is 0 Å². The first-order chi connectivity index (χ1) is 17.0. The third-order valence-electron chi connectivity index (χ3n) is 7.02. The van der Waals surface area contributed by atoms with Crippen LogP contribution < -0.4 is 10.6 Å². The second-order valence-corrected chi connectivity index (χ2v) is 17.3. The lowest BCUT2D eigenvalue weighted by Crippen LogP contribution is -2.29. The topological polar surface area (TPSA) is 0 Å². The summed E-state index contributed by atoms with van der Waals surface area (Å²) in [5.41, 5.74) is 9.92. The van der Waals surface area contributed by atoms with Crippen LogP contribution in [0.2, 0.25) is 10.6 Å². The summed E-state index contributed by atoms with van der Waals surface area (Å²) in [6.07, 6.45) is 2.63. The minimum absolute atomic E-state index is 0.624. The highest BCUT2D eigenvalue weighted by Gasteiger charge is 2.34. The molecular weight excluding hydrogens is 466 g/mol. The molecule has 0 aliphatic rings. The predicted molar refractivity (Wildman–Crippen MR) is 167 cm³/mol. The van der Waals surface area contributed by atoms with Crippen LogP contribution in [0, 0.1) is 53.4 Å². The van der Waals surface area contributed by atoms with Gasteiger partial charge in [0, 0.05) is 0 Å². The Bertz CT molecular complexity index is 1090. The molecule has 0 aromatic heterocycles. The second kappa shape index (κ2) is 12.7. The summed E-state index contributed by atoms with van der Waals surface area (Å²) < 4.78 is 1.78. The molecule has 0 saturated heterocycles. The van der Waals surface area contributed by atoms with E-state index in [2.05, 4.69) is 130 Å². The van der Waals surface area contributed by atoms with Crippen molar-refractivity contribution in [3.05, 3.63) is 97.7 Å². The predicted octanol–water partition coefficient (Wildman–Crippen LogP) is 9.36. The smallest absolute Gasteiger partial charge is 0.0997 e. The molecule has 0 unspecified atom stereocenters. The molecule has 0 nitrogen and oxygen atoms in total. The summed E-state index contributed by atoms with van der Waals surface area (Å²) in [6, 6.07) is 20.8. The van der Waals surface area contributed by atoms with E-state index in [1.165, 1.54) is 49.5 Å². The minimum atomic E-state index is -1.25. The standard InChI is InChI=1S/C26H28P.2C4H9.Al/c1-18-14-20(3)25(21(4)15-18)27(13-12-24-10-8-7-9-11-24)26-22(5)16-19(2)17-23(26)6;2*1-4(2)3;/h7-12,14-17H,1-6H3;2*4H,1H2,2-3H3;. The summed E-state index contributed by atoms with van der Waals surface area (Å²) in [4.78, 5) is 0. The zero-order chi connectivity index (χ0) is 26.6. The van der Waals surface area contributed by atoms with Gasteiger partial charge in [0.15, 0.2) is 0 Å². The largest absolute Gasteiger partial charge is 0.308 e. The molecule has 0 spiro atoms. The summed E-state index contributed by atoms with van der Waals surface area (Å²) in [7, 11) is -0.624. The number of hydrogen-bond donors (Lipinski definition) is 0. The van der Waals surface area contributed by atoms with Crippen LogP contribution in [0.25, 0.3) is 6.08 Å². The average Bonchev–Trinajstić information content (AvgIpc) is 2.75. The van der Waals surface area contributed by atoms with Gasteiger partial charge in [0.2, 0.25) is 0 Å². The van der Waals surface area contributed by atoms with E-state index in [0.29, 0.717) is 0 Å². The van der Waals surface area contributed by atoms with Gasteiger partial charge in [-0.3, -0.25) is 0 Å². The number of hydrogen-bond acceptors (Lipinski definition) is 0. The first-order valence-electron chi connectivity index (χ1n) is 13.7. The Labute approximate surface area is 227 Å². The van der Waals surface area contributed by atoms with Crippen LogP contribution in [0.1, 0.15) is 66.6 Å². The maximum absolute atomic E-state index is 2.63. The fourth-order valence-electron chi connectivity index (χ4n) is 5.98. The van der Waals surface area contributed by atoms with Gasteiger partial charge in [0.25, 0.3) is 0 Å². The van der Waals surface area contributed by atoms with Gasteiger partial charge >= 0.3 is 14.1 Å². The van der Waals surface area contributed by atoms with Crippen LogP contribution >= 0.6 is 7.92 Å². The lowest BCUT2D eigenvalue weighted by molar-refractivity contribution is 0.693. The lowest BCUT2D eigenvalue weighted by atomic mass is 10.1. The molecule has 0 fully saturated rings. The van der Waals surface area contributed by atoms with Crippen LogP contribution in [-0.2, 0) is 0 Å². The average molecular weight is 513 g/mol. The Balaban J connectivity index is 2.43. The maximum atomic E-state index is 2.63. The quantitative estimate of drug-likeness (QED) is 0.198. The lowest BCUT2D eigenvalue weighted by Gasteiger charge is -2.33. The van der Waals surface area contributed by atoms with Gasteiger partial charge in [-0.05, 0) is 87.9 Å².